The summed E-state index contributed by atoms with van der Waals surface area (Å²) in [6.45, 7) is 3.25. The van der Waals surface area contributed by atoms with Crippen molar-refractivity contribution in [1.29, 1.82) is 0 Å². The Hall–Kier alpha value is -1.10. The van der Waals surface area contributed by atoms with Crippen molar-refractivity contribution in [1.82, 2.24) is 10.2 Å². The predicted molar refractivity (Wildman–Crippen MR) is 76.1 cm³/mol. The Bertz CT molecular complexity index is 378. The lowest BCUT2D eigenvalue weighted by molar-refractivity contribution is -0.115. The van der Waals surface area contributed by atoms with Crippen LogP contribution in [0, 0.1) is 0 Å². The van der Waals surface area contributed by atoms with Crippen molar-refractivity contribution in [2.45, 2.75) is 13.0 Å². The maximum atomic E-state index is 11.7. The first kappa shape index (κ1) is 15.0. The molecule has 0 bridgehead atoms. The van der Waals surface area contributed by atoms with Crippen LogP contribution >= 0.6 is 11.6 Å². The summed E-state index contributed by atoms with van der Waals surface area (Å²) >= 11 is 5.77. The summed E-state index contributed by atoms with van der Waals surface area (Å²) in [5.74, 6) is -0.0528. The molecule has 100 valence electrons. The van der Waals surface area contributed by atoms with Gasteiger partial charge in [0.2, 0.25) is 5.91 Å². The van der Waals surface area contributed by atoms with Crippen molar-refractivity contribution < 1.29 is 4.79 Å². The summed E-state index contributed by atoms with van der Waals surface area (Å²) in [6, 6.07) is 7.34. The second-order valence-corrected chi connectivity index (χ2v) is 5.04. The predicted octanol–water partition coefficient (Wildman–Crippen LogP) is 1.82. The summed E-state index contributed by atoms with van der Waals surface area (Å²) in [7, 11) is 4.01. The fourth-order valence-corrected chi connectivity index (χ4v) is 1.74. The summed E-state index contributed by atoms with van der Waals surface area (Å²) in [5, 5.41) is 6.63. The molecule has 0 heterocycles. The van der Waals surface area contributed by atoms with Crippen LogP contribution in [0.15, 0.2) is 24.3 Å². The van der Waals surface area contributed by atoms with Crippen LogP contribution in [0.5, 0.6) is 0 Å². The lowest BCUT2D eigenvalue weighted by Crippen LogP contribution is -2.40. The van der Waals surface area contributed by atoms with Gasteiger partial charge in [0.1, 0.15) is 0 Å². The monoisotopic (exact) mass is 269 g/mol. The number of likely N-dealkylation sites (N-methyl/N-ethyl adjacent to an activating group) is 1. The normalized spacial score (nSPS) is 12.5. The van der Waals surface area contributed by atoms with Crippen molar-refractivity contribution in [3.63, 3.8) is 0 Å². The number of benzene rings is 1. The lowest BCUT2D eigenvalue weighted by Gasteiger charge is -2.18. The Morgan fingerprint density at radius 3 is 2.50 bits per heavy atom. The molecule has 1 aromatic rings. The quantitative estimate of drug-likeness (QED) is 0.828. The smallest absolute Gasteiger partial charge is 0.238 e. The number of halogens is 1. The van der Waals surface area contributed by atoms with Crippen LogP contribution in [-0.4, -0.2) is 44.0 Å². The highest BCUT2D eigenvalue weighted by Crippen LogP contribution is 2.12. The molecule has 0 aliphatic rings. The van der Waals surface area contributed by atoms with E-state index in [1.165, 1.54) is 0 Å². The maximum Gasteiger partial charge on any atom is 0.238 e. The topological polar surface area (TPSA) is 44.4 Å². The number of amides is 1. The number of nitrogens with zero attached hydrogens (tertiary/aromatic N) is 1. The third-order valence-corrected chi connectivity index (χ3v) is 2.63. The standard InChI is InChI=1S/C13H20ClN3O/c1-10(9-17(2)3)15-8-13(18)16-12-6-4-11(14)5-7-12/h4-7,10,15H,8-9H2,1-3H3,(H,16,18). The highest BCUT2D eigenvalue weighted by Gasteiger charge is 2.06. The minimum absolute atomic E-state index is 0.0528. The second-order valence-electron chi connectivity index (χ2n) is 4.60. The zero-order valence-corrected chi connectivity index (χ0v) is 11.8. The molecule has 1 atom stereocenters. The van der Waals surface area contributed by atoms with E-state index >= 15 is 0 Å². The van der Waals surface area contributed by atoms with Crippen molar-refractivity contribution >= 4 is 23.2 Å². The molecule has 2 N–H and O–H groups in total. The van der Waals surface area contributed by atoms with Gasteiger partial charge in [-0.05, 0) is 45.3 Å². The first-order chi connectivity index (χ1) is 8.47. The summed E-state index contributed by atoms with van der Waals surface area (Å²) in [5.41, 5.74) is 0.756. The third-order valence-electron chi connectivity index (χ3n) is 2.38. The van der Waals surface area contributed by atoms with Crippen molar-refractivity contribution in [3.05, 3.63) is 29.3 Å². The summed E-state index contributed by atoms with van der Waals surface area (Å²) < 4.78 is 0. The van der Waals surface area contributed by atoms with Crippen LogP contribution in [0.3, 0.4) is 0 Å². The molecule has 0 aliphatic carbocycles. The largest absolute Gasteiger partial charge is 0.325 e. The van der Waals surface area contributed by atoms with Crippen molar-refractivity contribution in [3.8, 4) is 0 Å². The van der Waals surface area contributed by atoms with Gasteiger partial charge in [-0.3, -0.25) is 4.79 Å². The van der Waals surface area contributed by atoms with E-state index in [1.54, 1.807) is 24.3 Å². The van der Waals surface area contributed by atoms with E-state index < -0.39 is 0 Å². The summed E-state index contributed by atoms with van der Waals surface area (Å²) in [4.78, 5) is 13.7. The van der Waals surface area contributed by atoms with Crippen LogP contribution < -0.4 is 10.6 Å². The van der Waals surface area contributed by atoms with Crippen LogP contribution in [0.2, 0.25) is 5.02 Å². The molecule has 1 aromatic carbocycles. The van der Waals surface area contributed by atoms with Crippen molar-refractivity contribution in [2.24, 2.45) is 0 Å². The minimum Gasteiger partial charge on any atom is -0.325 e. The number of carbonyl (C=O) groups is 1. The highest BCUT2D eigenvalue weighted by atomic mass is 35.5. The van der Waals surface area contributed by atoms with E-state index in [4.69, 9.17) is 11.6 Å². The Morgan fingerprint density at radius 1 is 1.33 bits per heavy atom. The first-order valence-electron chi connectivity index (χ1n) is 5.91. The van der Waals surface area contributed by atoms with E-state index in [9.17, 15) is 4.79 Å². The second kappa shape index (κ2) is 7.36. The molecule has 4 nitrogen and oxygen atoms in total. The van der Waals surface area contributed by atoms with Crippen LogP contribution in [0.25, 0.3) is 0 Å². The molecule has 0 saturated heterocycles. The molecular formula is C13H20ClN3O. The van der Waals surface area contributed by atoms with Gasteiger partial charge >= 0.3 is 0 Å². The first-order valence-corrected chi connectivity index (χ1v) is 6.28. The Balaban J connectivity index is 2.31. The summed E-state index contributed by atoms with van der Waals surface area (Å²) in [6.07, 6.45) is 0. The Kier molecular flexibility index (Phi) is 6.12. The van der Waals surface area contributed by atoms with E-state index in [0.29, 0.717) is 11.6 Å². The lowest BCUT2D eigenvalue weighted by atomic mass is 10.3. The molecular weight excluding hydrogens is 250 g/mol. The molecule has 0 aliphatic heterocycles. The molecule has 18 heavy (non-hydrogen) atoms. The van der Waals surface area contributed by atoms with Gasteiger partial charge in [-0.1, -0.05) is 11.6 Å². The average Bonchev–Trinajstić information content (AvgIpc) is 2.29. The third kappa shape index (κ3) is 6.00. The molecule has 1 amide bonds. The molecule has 0 radical (unpaired) electrons. The van der Waals surface area contributed by atoms with E-state index in [2.05, 4.69) is 22.5 Å². The van der Waals surface area contributed by atoms with Gasteiger partial charge in [-0.15, -0.1) is 0 Å². The van der Waals surface area contributed by atoms with E-state index in [0.717, 1.165) is 12.2 Å². The van der Waals surface area contributed by atoms with Gasteiger partial charge in [0.05, 0.1) is 6.54 Å². The zero-order chi connectivity index (χ0) is 13.5. The van der Waals surface area contributed by atoms with Gasteiger partial charge in [-0.2, -0.15) is 0 Å². The van der Waals surface area contributed by atoms with Crippen molar-refractivity contribution in [2.75, 3.05) is 32.5 Å². The zero-order valence-electron chi connectivity index (χ0n) is 11.0. The molecule has 5 heteroatoms. The number of carbonyl (C=O) groups excluding carboxylic acids is 1. The number of anilines is 1. The van der Waals surface area contributed by atoms with Gasteiger partial charge in [0.25, 0.3) is 0 Å². The Morgan fingerprint density at radius 2 is 1.94 bits per heavy atom. The number of hydrogen-bond acceptors (Lipinski definition) is 3. The highest BCUT2D eigenvalue weighted by molar-refractivity contribution is 6.30. The molecule has 0 spiro atoms. The van der Waals surface area contributed by atoms with Gasteiger partial charge in [0.15, 0.2) is 0 Å². The SMILES string of the molecule is CC(CN(C)C)NCC(=O)Nc1ccc(Cl)cc1. The molecule has 0 aromatic heterocycles. The average molecular weight is 270 g/mol. The van der Waals surface area contributed by atoms with Gasteiger partial charge in [0, 0.05) is 23.3 Å². The van der Waals surface area contributed by atoms with Crippen LogP contribution in [0.4, 0.5) is 5.69 Å². The molecule has 1 rings (SSSR count). The minimum atomic E-state index is -0.0528. The fourth-order valence-electron chi connectivity index (χ4n) is 1.62. The van der Waals surface area contributed by atoms with Gasteiger partial charge in [-0.25, -0.2) is 0 Å². The number of rotatable bonds is 6. The fraction of sp³-hybridized carbons (Fsp3) is 0.462. The number of hydrogen-bond donors (Lipinski definition) is 2. The Labute approximate surface area is 113 Å². The van der Waals surface area contributed by atoms with E-state index in [1.807, 2.05) is 14.1 Å². The number of nitrogens with one attached hydrogen (secondary N) is 2. The van der Waals surface area contributed by atoms with E-state index in [-0.39, 0.29) is 11.9 Å². The molecule has 0 saturated carbocycles. The van der Waals surface area contributed by atoms with Crippen LogP contribution in [-0.2, 0) is 4.79 Å². The maximum absolute atomic E-state index is 11.7. The van der Waals surface area contributed by atoms with Crippen LogP contribution in [0.1, 0.15) is 6.92 Å². The molecule has 0 fully saturated rings. The van der Waals surface area contributed by atoms with Gasteiger partial charge < -0.3 is 15.5 Å². The molecule has 1 unspecified atom stereocenters.